The number of aromatic nitrogens is 2. The van der Waals surface area contributed by atoms with Crippen molar-refractivity contribution in [3.8, 4) is 11.5 Å². The minimum atomic E-state index is -0.0326. The van der Waals surface area contributed by atoms with Crippen LogP contribution in [0, 0.1) is 0 Å². The fraction of sp³-hybridized carbons (Fsp3) is 0.211. The zero-order chi connectivity index (χ0) is 17.8. The zero-order valence-corrected chi connectivity index (χ0v) is 14.7. The predicted octanol–water partition coefficient (Wildman–Crippen LogP) is 3.41. The Morgan fingerprint density at radius 3 is 2.65 bits per heavy atom. The molecule has 0 bridgehead atoms. The van der Waals surface area contributed by atoms with Crippen LogP contribution in [0.3, 0.4) is 0 Å². The van der Waals surface area contributed by atoms with E-state index in [1.807, 2.05) is 30.3 Å². The molecule has 0 amide bonds. The van der Waals surface area contributed by atoms with Gasteiger partial charge in [-0.1, -0.05) is 42.1 Å². The lowest BCUT2D eigenvalue weighted by atomic mass is 10.1. The molecule has 1 aliphatic rings. The summed E-state index contributed by atoms with van der Waals surface area (Å²) in [6.07, 6.45) is 0.574. The minimum absolute atomic E-state index is 0.0326. The van der Waals surface area contributed by atoms with E-state index in [1.54, 1.807) is 18.2 Å². The predicted molar refractivity (Wildman–Crippen MR) is 96.0 cm³/mol. The molecular formula is C19H16N2O4S. The third kappa shape index (κ3) is 3.88. The van der Waals surface area contributed by atoms with Crippen molar-refractivity contribution < 1.29 is 18.7 Å². The number of hydrogen-bond donors (Lipinski definition) is 0. The summed E-state index contributed by atoms with van der Waals surface area (Å²) >= 11 is 1.23. The number of rotatable bonds is 6. The molecule has 1 aromatic heterocycles. The molecule has 0 atom stereocenters. The summed E-state index contributed by atoms with van der Waals surface area (Å²) in [4.78, 5) is 12.4. The second-order valence-corrected chi connectivity index (χ2v) is 6.62. The Labute approximate surface area is 154 Å². The van der Waals surface area contributed by atoms with Crippen LogP contribution in [0.25, 0.3) is 0 Å². The third-order valence-electron chi connectivity index (χ3n) is 3.84. The maximum absolute atomic E-state index is 12.4. The van der Waals surface area contributed by atoms with Crippen molar-refractivity contribution in [1.29, 1.82) is 0 Å². The van der Waals surface area contributed by atoms with Gasteiger partial charge >= 0.3 is 0 Å². The summed E-state index contributed by atoms with van der Waals surface area (Å²) in [5, 5.41) is 8.42. The van der Waals surface area contributed by atoms with Crippen LogP contribution in [0.5, 0.6) is 11.5 Å². The van der Waals surface area contributed by atoms with Crippen molar-refractivity contribution in [1.82, 2.24) is 10.2 Å². The van der Waals surface area contributed by atoms with E-state index >= 15 is 0 Å². The Morgan fingerprint density at radius 1 is 1.00 bits per heavy atom. The second-order valence-electron chi connectivity index (χ2n) is 5.69. The van der Waals surface area contributed by atoms with Gasteiger partial charge in [-0.25, -0.2) is 0 Å². The number of ether oxygens (including phenoxy) is 2. The van der Waals surface area contributed by atoms with Gasteiger partial charge in [-0.3, -0.25) is 4.79 Å². The summed E-state index contributed by atoms with van der Waals surface area (Å²) in [5.41, 5.74) is 1.67. The lowest BCUT2D eigenvalue weighted by Crippen LogP contribution is -2.16. The maximum atomic E-state index is 12.4. The van der Waals surface area contributed by atoms with E-state index in [4.69, 9.17) is 13.9 Å². The number of hydrogen-bond acceptors (Lipinski definition) is 7. The van der Waals surface area contributed by atoms with Crippen LogP contribution < -0.4 is 9.47 Å². The normalized spacial score (nSPS) is 12.8. The van der Waals surface area contributed by atoms with Crippen molar-refractivity contribution in [2.24, 2.45) is 0 Å². The Hall–Kier alpha value is -2.80. The average molecular weight is 368 g/mol. The Morgan fingerprint density at radius 2 is 1.81 bits per heavy atom. The van der Waals surface area contributed by atoms with Gasteiger partial charge in [0.25, 0.3) is 5.22 Å². The number of nitrogens with zero attached hydrogens (tertiary/aromatic N) is 2. The highest BCUT2D eigenvalue weighted by Crippen LogP contribution is 2.31. The molecule has 2 heterocycles. The molecule has 2 aromatic carbocycles. The van der Waals surface area contributed by atoms with Crippen molar-refractivity contribution in [2.75, 3.05) is 19.0 Å². The number of thioether (sulfide) groups is 1. The van der Waals surface area contributed by atoms with E-state index in [-0.39, 0.29) is 11.5 Å². The van der Waals surface area contributed by atoms with E-state index in [2.05, 4.69) is 10.2 Å². The fourth-order valence-corrected chi connectivity index (χ4v) is 3.24. The highest BCUT2D eigenvalue weighted by Gasteiger charge is 2.16. The Balaban J connectivity index is 1.36. The summed E-state index contributed by atoms with van der Waals surface area (Å²) in [6.45, 7) is 1.02. The van der Waals surface area contributed by atoms with Crippen molar-refractivity contribution in [2.45, 2.75) is 11.6 Å². The van der Waals surface area contributed by atoms with Crippen molar-refractivity contribution >= 4 is 17.5 Å². The second kappa shape index (κ2) is 7.61. The van der Waals surface area contributed by atoms with Gasteiger partial charge in [0, 0.05) is 5.56 Å². The van der Waals surface area contributed by atoms with Crippen LogP contribution in [0.1, 0.15) is 21.8 Å². The molecule has 0 radical (unpaired) electrons. The molecule has 26 heavy (non-hydrogen) atoms. The average Bonchev–Trinajstić information content (AvgIpc) is 3.14. The summed E-state index contributed by atoms with van der Waals surface area (Å²) in [6, 6.07) is 15.1. The first kappa shape index (κ1) is 16.7. The van der Waals surface area contributed by atoms with Crippen LogP contribution in [0.15, 0.2) is 58.2 Å². The van der Waals surface area contributed by atoms with Gasteiger partial charge in [-0.05, 0) is 23.8 Å². The van der Waals surface area contributed by atoms with E-state index in [9.17, 15) is 4.79 Å². The molecule has 6 nitrogen and oxygen atoms in total. The first-order chi connectivity index (χ1) is 12.8. The molecule has 0 aliphatic carbocycles. The minimum Gasteiger partial charge on any atom is -0.486 e. The third-order valence-corrected chi connectivity index (χ3v) is 4.66. The van der Waals surface area contributed by atoms with Gasteiger partial charge in [-0.2, -0.15) is 0 Å². The molecular weight excluding hydrogens is 352 g/mol. The molecule has 0 N–H and O–H groups in total. The SMILES string of the molecule is O=C(CSc1nnc(Cc2ccccc2)o1)c1ccc2c(c1)OCCO2. The number of carbonyl (C=O) groups is 1. The van der Waals surface area contributed by atoms with Crippen molar-refractivity contribution in [3.63, 3.8) is 0 Å². The van der Waals surface area contributed by atoms with Crippen LogP contribution in [0.2, 0.25) is 0 Å². The van der Waals surface area contributed by atoms with E-state index < -0.39 is 0 Å². The molecule has 7 heteroatoms. The largest absolute Gasteiger partial charge is 0.486 e. The van der Waals surface area contributed by atoms with Gasteiger partial charge in [-0.15, -0.1) is 10.2 Å². The molecule has 0 unspecified atom stereocenters. The molecule has 4 rings (SSSR count). The van der Waals surface area contributed by atoms with Crippen molar-refractivity contribution in [3.05, 3.63) is 65.5 Å². The van der Waals surface area contributed by atoms with E-state index in [0.717, 1.165) is 5.56 Å². The topological polar surface area (TPSA) is 74.5 Å². The lowest BCUT2D eigenvalue weighted by molar-refractivity contribution is 0.102. The van der Waals surface area contributed by atoms with E-state index in [0.29, 0.717) is 47.8 Å². The molecule has 3 aromatic rings. The highest BCUT2D eigenvalue weighted by molar-refractivity contribution is 7.99. The van der Waals surface area contributed by atoms with Crippen LogP contribution in [0.4, 0.5) is 0 Å². The number of carbonyl (C=O) groups excluding carboxylic acids is 1. The molecule has 1 aliphatic heterocycles. The summed E-state index contributed by atoms with van der Waals surface area (Å²) < 4.78 is 16.6. The van der Waals surface area contributed by atoms with Gasteiger partial charge in [0.1, 0.15) is 13.2 Å². The number of ketones is 1. The standard InChI is InChI=1S/C19H16N2O4S/c22-15(14-6-7-16-17(11-14)24-9-8-23-16)12-26-19-21-20-18(25-19)10-13-4-2-1-3-5-13/h1-7,11H,8-10,12H2. The zero-order valence-electron chi connectivity index (χ0n) is 13.9. The number of fused-ring (bicyclic) bond motifs is 1. The first-order valence-corrected chi connectivity index (χ1v) is 9.18. The molecule has 0 spiro atoms. The van der Waals surface area contributed by atoms with E-state index in [1.165, 1.54) is 11.8 Å². The summed E-state index contributed by atoms with van der Waals surface area (Å²) in [7, 11) is 0. The fourth-order valence-electron chi connectivity index (χ4n) is 2.57. The quantitative estimate of drug-likeness (QED) is 0.487. The monoisotopic (exact) mass is 368 g/mol. The van der Waals surface area contributed by atoms with Crippen LogP contribution in [-0.4, -0.2) is 34.9 Å². The molecule has 132 valence electrons. The number of benzene rings is 2. The molecule has 0 saturated carbocycles. The van der Waals surface area contributed by atoms with Gasteiger partial charge < -0.3 is 13.9 Å². The van der Waals surface area contributed by atoms with Gasteiger partial charge in [0.15, 0.2) is 17.3 Å². The Kier molecular flexibility index (Phi) is 4.88. The molecule has 0 fully saturated rings. The highest BCUT2D eigenvalue weighted by atomic mass is 32.2. The van der Waals surface area contributed by atoms with Gasteiger partial charge in [0.05, 0.1) is 12.2 Å². The maximum Gasteiger partial charge on any atom is 0.277 e. The summed E-state index contributed by atoms with van der Waals surface area (Å²) in [5.74, 6) is 1.99. The molecule has 0 saturated heterocycles. The van der Waals surface area contributed by atoms with Gasteiger partial charge in [0.2, 0.25) is 5.89 Å². The van der Waals surface area contributed by atoms with Crippen LogP contribution in [-0.2, 0) is 6.42 Å². The smallest absolute Gasteiger partial charge is 0.277 e. The Bertz CT molecular complexity index is 911. The lowest BCUT2D eigenvalue weighted by Gasteiger charge is -2.18. The first-order valence-electron chi connectivity index (χ1n) is 8.20. The number of Topliss-reactive ketones (excluding diaryl/α,β-unsaturated/α-hetero) is 1. The van der Waals surface area contributed by atoms with Crippen LogP contribution >= 0.6 is 11.8 Å².